The Kier molecular flexibility index (Phi) is 3.69. The Labute approximate surface area is 161 Å². The van der Waals surface area contributed by atoms with Crippen molar-refractivity contribution in [2.24, 2.45) is 0 Å². The van der Waals surface area contributed by atoms with Gasteiger partial charge >= 0.3 is 0 Å². The number of nitro groups is 1. The molecule has 0 aliphatic rings. The summed E-state index contributed by atoms with van der Waals surface area (Å²) in [6, 6.07) is 18.0. The van der Waals surface area contributed by atoms with Crippen LogP contribution in [0.4, 0.5) is 5.69 Å². The van der Waals surface area contributed by atoms with Gasteiger partial charge in [-0.25, -0.2) is 0 Å². The van der Waals surface area contributed by atoms with Crippen molar-refractivity contribution in [1.82, 2.24) is 30.0 Å². The molecule has 0 atom stereocenters. The maximum Gasteiger partial charge on any atom is 0.269 e. The molecule has 0 radical (unpaired) electrons. The molecule has 0 fully saturated rings. The second-order valence-electron chi connectivity index (χ2n) is 5.96. The van der Waals surface area contributed by atoms with E-state index < -0.39 is 4.92 Å². The summed E-state index contributed by atoms with van der Waals surface area (Å²) in [5, 5.41) is 31.8. The normalized spacial score (nSPS) is 11.1. The lowest BCUT2D eigenvalue weighted by Gasteiger charge is -1.95. The van der Waals surface area contributed by atoms with Crippen LogP contribution in [-0.4, -0.2) is 34.9 Å². The van der Waals surface area contributed by atoms with Gasteiger partial charge in [0.25, 0.3) is 5.69 Å². The first kappa shape index (κ1) is 16.3. The van der Waals surface area contributed by atoms with Crippen molar-refractivity contribution in [1.29, 1.82) is 0 Å². The number of fused-ring (bicyclic) bond motifs is 1. The van der Waals surface area contributed by atoms with Gasteiger partial charge in [-0.05, 0) is 18.2 Å². The van der Waals surface area contributed by atoms with Crippen LogP contribution in [0.3, 0.4) is 0 Å². The van der Waals surface area contributed by atoms with Gasteiger partial charge in [0.1, 0.15) is 10.7 Å². The Hall–Kier alpha value is -3.92. The van der Waals surface area contributed by atoms with Crippen molar-refractivity contribution in [2.75, 3.05) is 0 Å². The van der Waals surface area contributed by atoms with Crippen LogP contribution < -0.4 is 0 Å². The molecule has 0 spiro atoms. The van der Waals surface area contributed by atoms with E-state index in [1.165, 1.54) is 23.5 Å². The van der Waals surface area contributed by atoms with Gasteiger partial charge in [0, 0.05) is 23.3 Å². The molecule has 0 unspecified atom stereocenters. The molecule has 0 amide bonds. The number of nitro benzene ring substituents is 1. The van der Waals surface area contributed by atoms with Crippen LogP contribution in [0.5, 0.6) is 0 Å². The third kappa shape index (κ3) is 2.72. The van der Waals surface area contributed by atoms with Crippen LogP contribution in [0.1, 0.15) is 0 Å². The van der Waals surface area contributed by atoms with Gasteiger partial charge in [-0.1, -0.05) is 41.7 Å². The number of rotatable bonds is 4. The van der Waals surface area contributed by atoms with Gasteiger partial charge in [0.2, 0.25) is 10.8 Å². The minimum absolute atomic E-state index is 0.0401. The zero-order chi connectivity index (χ0) is 19.1. The van der Waals surface area contributed by atoms with Crippen LogP contribution in [0.15, 0.2) is 60.7 Å². The SMILES string of the molecule is O=[N+]([O-])c1ccc(-c2nn3c(-c4cc(-c5ccccc5)n[nH]4)nnc3s2)cc1. The minimum atomic E-state index is -0.428. The smallest absolute Gasteiger partial charge is 0.269 e. The summed E-state index contributed by atoms with van der Waals surface area (Å²) in [5.74, 6) is 0.550. The molecule has 0 saturated heterocycles. The molecule has 10 heteroatoms. The Morgan fingerprint density at radius 1 is 1.00 bits per heavy atom. The lowest BCUT2D eigenvalue weighted by molar-refractivity contribution is -0.384. The highest BCUT2D eigenvalue weighted by molar-refractivity contribution is 7.19. The summed E-state index contributed by atoms with van der Waals surface area (Å²) in [7, 11) is 0. The van der Waals surface area contributed by atoms with E-state index in [0.29, 0.717) is 21.5 Å². The zero-order valence-electron chi connectivity index (χ0n) is 14.2. The van der Waals surface area contributed by atoms with Gasteiger partial charge in [0.15, 0.2) is 0 Å². The van der Waals surface area contributed by atoms with Crippen molar-refractivity contribution < 1.29 is 4.92 Å². The predicted molar refractivity (Wildman–Crippen MR) is 104 cm³/mol. The summed E-state index contributed by atoms with van der Waals surface area (Å²) < 4.78 is 1.64. The largest absolute Gasteiger partial charge is 0.274 e. The van der Waals surface area contributed by atoms with E-state index in [-0.39, 0.29) is 5.69 Å². The van der Waals surface area contributed by atoms with Crippen LogP contribution >= 0.6 is 11.3 Å². The number of benzene rings is 2. The van der Waals surface area contributed by atoms with E-state index >= 15 is 0 Å². The van der Waals surface area contributed by atoms with Gasteiger partial charge in [0.05, 0.1) is 10.6 Å². The monoisotopic (exact) mass is 389 g/mol. The average molecular weight is 389 g/mol. The molecule has 5 rings (SSSR count). The van der Waals surface area contributed by atoms with E-state index in [1.807, 2.05) is 36.4 Å². The Morgan fingerprint density at radius 2 is 1.79 bits per heavy atom. The van der Waals surface area contributed by atoms with E-state index in [1.54, 1.807) is 16.6 Å². The third-order valence-electron chi connectivity index (χ3n) is 4.20. The molecule has 0 saturated carbocycles. The number of hydrogen-bond donors (Lipinski definition) is 1. The predicted octanol–water partition coefficient (Wildman–Crippen LogP) is 3.82. The molecule has 3 aromatic heterocycles. The fourth-order valence-corrected chi connectivity index (χ4v) is 3.67. The summed E-state index contributed by atoms with van der Waals surface area (Å²) >= 11 is 1.36. The summed E-state index contributed by atoms with van der Waals surface area (Å²) in [6.45, 7) is 0. The third-order valence-corrected chi connectivity index (χ3v) is 5.15. The van der Waals surface area contributed by atoms with Crippen molar-refractivity contribution in [3.05, 3.63) is 70.8 Å². The van der Waals surface area contributed by atoms with Crippen LogP contribution in [0.25, 0.3) is 38.3 Å². The number of nitrogens with zero attached hydrogens (tertiary/aromatic N) is 6. The number of nitrogens with one attached hydrogen (secondary N) is 1. The Morgan fingerprint density at radius 3 is 2.54 bits per heavy atom. The first-order chi connectivity index (χ1) is 13.7. The van der Waals surface area contributed by atoms with Crippen LogP contribution in [-0.2, 0) is 0 Å². The molecule has 3 heterocycles. The highest BCUT2D eigenvalue weighted by Gasteiger charge is 2.17. The number of H-pyrrole nitrogens is 1. The number of aromatic amines is 1. The molecule has 28 heavy (non-hydrogen) atoms. The molecule has 1 N–H and O–H groups in total. The molecule has 0 bridgehead atoms. The molecule has 5 aromatic rings. The maximum atomic E-state index is 10.8. The van der Waals surface area contributed by atoms with Crippen molar-refractivity contribution in [2.45, 2.75) is 0 Å². The van der Waals surface area contributed by atoms with E-state index in [9.17, 15) is 10.1 Å². The number of non-ortho nitro benzene ring substituents is 1. The second-order valence-corrected chi connectivity index (χ2v) is 6.92. The molecule has 0 aliphatic carbocycles. The minimum Gasteiger partial charge on any atom is -0.274 e. The van der Waals surface area contributed by atoms with Crippen molar-refractivity contribution in [3.63, 3.8) is 0 Å². The van der Waals surface area contributed by atoms with Crippen molar-refractivity contribution >= 4 is 22.0 Å². The molecule has 0 aliphatic heterocycles. The Balaban J connectivity index is 1.52. The molecular formula is C18H11N7O2S. The fraction of sp³-hybridized carbons (Fsp3) is 0. The topological polar surface area (TPSA) is 115 Å². The van der Waals surface area contributed by atoms with Gasteiger partial charge < -0.3 is 0 Å². The zero-order valence-corrected chi connectivity index (χ0v) is 15.0. The Bertz CT molecular complexity index is 1290. The molecule has 9 nitrogen and oxygen atoms in total. The summed E-state index contributed by atoms with van der Waals surface area (Å²) in [4.78, 5) is 11.0. The quantitative estimate of drug-likeness (QED) is 0.369. The average Bonchev–Trinajstić information content (AvgIpc) is 3.44. The highest BCUT2D eigenvalue weighted by atomic mass is 32.1. The van der Waals surface area contributed by atoms with E-state index in [4.69, 9.17) is 0 Å². The number of hydrogen-bond acceptors (Lipinski definition) is 7. The van der Waals surface area contributed by atoms with Crippen LogP contribution in [0.2, 0.25) is 0 Å². The molecule has 2 aromatic carbocycles. The van der Waals surface area contributed by atoms with Gasteiger partial charge in [-0.15, -0.1) is 10.2 Å². The first-order valence-electron chi connectivity index (χ1n) is 8.27. The summed E-state index contributed by atoms with van der Waals surface area (Å²) in [5.41, 5.74) is 3.32. The second kappa shape index (κ2) is 6.35. The lowest BCUT2D eigenvalue weighted by atomic mass is 10.1. The van der Waals surface area contributed by atoms with Crippen molar-refractivity contribution in [3.8, 4) is 33.3 Å². The number of aromatic nitrogens is 6. The van der Waals surface area contributed by atoms with Gasteiger partial charge in [-0.3, -0.25) is 15.2 Å². The molecular weight excluding hydrogens is 378 g/mol. The first-order valence-corrected chi connectivity index (χ1v) is 9.09. The lowest BCUT2D eigenvalue weighted by Crippen LogP contribution is -1.91. The standard InChI is InChI=1S/C18H11N7O2S/c26-25(27)13-8-6-12(7-9-13)17-23-24-16(21-22-18(24)28-17)15-10-14(19-20-15)11-4-2-1-3-5-11/h1-10H,(H,19,20). The van der Waals surface area contributed by atoms with E-state index in [0.717, 1.165) is 16.8 Å². The maximum absolute atomic E-state index is 10.8. The van der Waals surface area contributed by atoms with Gasteiger partial charge in [-0.2, -0.15) is 14.7 Å². The molecule has 136 valence electrons. The van der Waals surface area contributed by atoms with E-state index in [2.05, 4.69) is 25.5 Å². The summed E-state index contributed by atoms with van der Waals surface area (Å²) in [6.07, 6.45) is 0. The van der Waals surface area contributed by atoms with Crippen LogP contribution in [0, 0.1) is 10.1 Å². The fourth-order valence-electron chi connectivity index (χ4n) is 2.82. The highest BCUT2D eigenvalue weighted by Crippen LogP contribution is 2.29.